The van der Waals surface area contributed by atoms with Crippen molar-refractivity contribution < 1.29 is 4.79 Å². The number of aryl methyl sites for hydroxylation is 1. The van der Waals surface area contributed by atoms with Gasteiger partial charge in [-0.3, -0.25) is 9.79 Å². The Bertz CT molecular complexity index is 863. The molecule has 1 aliphatic carbocycles. The summed E-state index contributed by atoms with van der Waals surface area (Å²) < 4.78 is 0. The van der Waals surface area contributed by atoms with Crippen molar-refractivity contribution in [3.63, 3.8) is 0 Å². The summed E-state index contributed by atoms with van der Waals surface area (Å²) in [6.45, 7) is 6.38. The summed E-state index contributed by atoms with van der Waals surface area (Å²) in [5.74, 6) is 3.43. The summed E-state index contributed by atoms with van der Waals surface area (Å²) in [5, 5.41) is 10.8. The van der Waals surface area contributed by atoms with E-state index in [-0.39, 0.29) is 18.0 Å². The number of piperidine rings is 1. The first-order valence-electron chi connectivity index (χ1n) is 12.2. The standard InChI is InChI=1S/C25H37N5O/c1-14-4-3-5-17-11-20(29-22(14)17)25(31)30-24(16-6-7-16)23-15(2)10-19(13-28-23)18-8-9-21(26)27-12-18/h3-5,15-16,18-20,23-24,28-29H,6-13H2,1-2H3,(H2,26,27)(H,30,31). The first kappa shape index (κ1) is 20.8. The first-order valence-corrected chi connectivity index (χ1v) is 12.2. The number of para-hydroxylation sites is 1. The predicted octanol–water partition coefficient (Wildman–Crippen LogP) is 2.61. The molecular weight excluding hydrogens is 386 g/mol. The van der Waals surface area contributed by atoms with Crippen LogP contribution in [0.4, 0.5) is 5.69 Å². The fourth-order valence-corrected chi connectivity index (χ4v) is 6.09. The van der Waals surface area contributed by atoms with Crippen LogP contribution in [0.15, 0.2) is 23.2 Å². The Hall–Kier alpha value is -2.08. The Morgan fingerprint density at radius 2 is 2.10 bits per heavy atom. The molecule has 6 unspecified atom stereocenters. The normalized spacial score (nSPS) is 33.7. The summed E-state index contributed by atoms with van der Waals surface area (Å²) in [5.41, 5.74) is 9.50. The Morgan fingerprint density at radius 1 is 1.26 bits per heavy atom. The second-order valence-electron chi connectivity index (χ2n) is 10.4. The van der Waals surface area contributed by atoms with Crippen LogP contribution >= 0.6 is 0 Å². The molecule has 2 fully saturated rings. The third kappa shape index (κ3) is 4.32. The number of hydrogen-bond acceptors (Lipinski definition) is 5. The van der Waals surface area contributed by atoms with E-state index < -0.39 is 0 Å². The maximum Gasteiger partial charge on any atom is 0.243 e. The SMILES string of the molecule is Cc1cccc2c1NC(C(=O)NC(C1CC1)C1NCC(C3CCC(N)=NC3)CC1C)C2. The predicted molar refractivity (Wildman–Crippen MR) is 125 cm³/mol. The molecule has 5 rings (SSSR count). The molecule has 1 aromatic rings. The van der Waals surface area contributed by atoms with Gasteiger partial charge in [0, 0.05) is 37.2 Å². The van der Waals surface area contributed by atoms with Crippen molar-refractivity contribution in [2.75, 3.05) is 18.4 Å². The molecule has 0 aromatic heterocycles. The molecule has 1 saturated heterocycles. The van der Waals surface area contributed by atoms with Crippen molar-refractivity contribution in [3.05, 3.63) is 29.3 Å². The van der Waals surface area contributed by atoms with Gasteiger partial charge >= 0.3 is 0 Å². The molecule has 3 aliphatic heterocycles. The maximum absolute atomic E-state index is 13.2. The number of nitrogens with two attached hydrogens (primary N) is 1. The molecule has 6 nitrogen and oxygen atoms in total. The second kappa shape index (κ2) is 8.45. The number of amides is 1. The highest BCUT2D eigenvalue weighted by Crippen LogP contribution is 2.39. The molecule has 1 aromatic carbocycles. The third-order valence-corrected chi connectivity index (χ3v) is 8.11. The van der Waals surface area contributed by atoms with Crippen LogP contribution < -0.4 is 21.7 Å². The van der Waals surface area contributed by atoms with Crippen molar-refractivity contribution in [2.45, 2.75) is 70.5 Å². The lowest BCUT2D eigenvalue weighted by Crippen LogP contribution is -2.60. The minimum atomic E-state index is -0.158. The fourth-order valence-electron chi connectivity index (χ4n) is 6.09. The summed E-state index contributed by atoms with van der Waals surface area (Å²) in [4.78, 5) is 17.7. The van der Waals surface area contributed by atoms with Gasteiger partial charge in [0.25, 0.3) is 0 Å². The lowest BCUT2D eigenvalue weighted by atomic mass is 9.74. The monoisotopic (exact) mass is 423 g/mol. The highest BCUT2D eigenvalue weighted by Gasteiger charge is 2.44. The van der Waals surface area contributed by atoms with Crippen LogP contribution in [0.25, 0.3) is 0 Å². The van der Waals surface area contributed by atoms with Crippen LogP contribution in [0.2, 0.25) is 0 Å². The van der Waals surface area contributed by atoms with E-state index >= 15 is 0 Å². The lowest BCUT2D eigenvalue weighted by Gasteiger charge is -2.43. The molecule has 1 saturated carbocycles. The number of rotatable bonds is 5. The van der Waals surface area contributed by atoms with E-state index in [0.29, 0.717) is 29.7 Å². The maximum atomic E-state index is 13.2. The quantitative estimate of drug-likeness (QED) is 0.586. The van der Waals surface area contributed by atoms with E-state index in [0.717, 1.165) is 43.9 Å². The third-order valence-electron chi connectivity index (χ3n) is 8.11. The van der Waals surface area contributed by atoms with Crippen LogP contribution in [0.5, 0.6) is 0 Å². The number of benzene rings is 1. The molecule has 3 heterocycles. The largest absolute Gasteiger partial charge is 0.387 e. The van der Waals surface area contributed by atoms with Crippen LogP contribution in [-0.4, -0.2) is 43.0 Å². The zero-order valence-corrected chi connectivity index (χ0v) is 18.9. The van der Waals surface area contributed by atoms with Gasteiger partial charge in [0.2, 0.25) is 5.91 Å². The smallest absolute Gasteiger partial charge is 0.243 e. The zero-order valence-electron chi connectivity index (χ0n) is 18.9. The van der Waals surface area contributed by atoms with Crippen molar-refractivity contribution in [3.8, 4) is 0 Å². The van der Waals surface area contributed by atoms with Gasteiger partial charge in [-0.1, -0.05) is 25.1 Å². The second-order valence-corrected chi connectivity index (χ2v) is 10.4. The molecule has 168 valence electrons. The number of hydrogen-bond donors (Lipinski definition) is 4. The van der Waals surface area contributed by atoms with Crippen LogP contribution in [0, 0.1) is 30.6 Å². The van der Waals surface area contributed by atoms with Gasteiger partial charge in [-0.05, 0) is 74.0 Å². The van der Waals surface area contributed by atoms with Crippen LogP contribution in [0.1, 0.15) is 50.2 Å². The van der Waals surface area contributed by atoms with Crippen LogP contribution in [0.3, 0.4) is 0 Å². The molecule has 0 spiro atoms. The van der Waals surface area contributed by atoms with Gasteiger partial charge in [0.15, 0.2) is 0 Å². The van der Waals surface area contributed by atoms with Crippen molar-refractivity contribution in [1.29, 1.82) is 0 Å². The van der Waals surface area contributed by atoms with E-state index in [4.69, 9.17) is 5.73 Å². The minimum Gasteiger partial charge on any atom is -0.387 e. The van der Waals surface area contributed by atoms with E-state index in [1.165, 1.54) is 30.4 Å². The van der Waals surface area contributed by atoms with Gasteiger partial charge in [-0.25, -0.2) is 0 Å². The van der Waals surface area contributed by atoms with Crippen molar-refractivity contribution in [1.82, 2.24) is 10.6 Å². The fraction of sp³-hybridized carbons (Fsp3) is 0.680. The number of amidine groups is 1. The van der Waals surface area contributed by atoms with E-state index in [1.807, 2.05) is 0 Å². The zero-order chi connectivity index (χ0) is 21.5. The number of aliphatic imine (C=N–C) groups is 1. The Kier molecular flexibility index (Phi) is 5.67. The summed E-state index contributed by atoms with van der Waals surface area (Å²) in [7, 11) is 0. The number of carbonyl (C=O) groups excluding carboxylic acids is 1. The van der Waals surface area contributed by atoms with Gasteiger partial charge in [0.05, 0.1) is 5.84 Å². The Balaban J connectivity index is 1.21. The summed E-state index contributed by atoms with van der Waals surface area (Å²) in [6.07, 6.45) is 6.55. The van der Waals surface area contributed by atoms with E-state index in [2.05, 4.69) is 53.0 Å². The van der Waals surface area contributed by atoms with E-state index in [9.17, 15) is 4.79 Å². The van der Waals surface area contributed by atoms with Crippen molar-refractivity contribution >= 4 is 17.4 Å². The van der Waals surface area contributed by atoms with Crippen LogP contribution in [-0.2, 0) is 11.2 Å². The number of anilines is 1. The molecular formula is C25H37N5O. The molecule has 0 bridgehead atoms. The van der Waals surface area contributed by atoms with E-state index in [1.54, 1.807) is 0 Å². The van der Waals surface area contributed by atoms with Gasteiger partial charge in [-0.2, -0.15) is 0 Å². The summed E-state index contributed by atoms with van der Waals surface area (Å²) >= 11 is 0. The number of nitrogens with one attached hydrogen (secondary N) is 3. The lowest BCUT2D eigenvalue weighted by molar-refractivity contribution is -0.123. The van der Waals surface area contributed by atoms with Gasteiger partial charge < -0.3 is 21.7 Å². The van der Waals surface area contributed by atoms with Gasteiger partial charge in [-0.15, -0.1) is 0 Å². The molecule has 1 amide bonds. The molecule has 6 atom stereocenters. The average molecular weight is 424 g/mol. The Morgan fingerprint density at radius 3 is 2.77 bits per heavy atom. The number of carbonyl (C=O) groups is 1. The first-order chi connectivity index (χ1) is 15.0. The van der Waals surface area contributed by atoms with Gasteiger partial charge in [0.1, 0.15) is 6.04 Å². The Labute approximate surface area is 185 Å². The number of nitrogens with zero attached hydrogens (tertiary/aromatic N) is 1. The summed E-state index contributed by atoms with van der Waals surface area (Å²) in [6, 6.07) is 6.75. The molecule has 0 radical (unpaired) electrons. The molecule has 4 aliphatic rings. The number of fused-ring (bicyclic) bond motifs is 1. The highest BCUT2D eigenvalue weighted by molar-refractivity contribution is 5.88. The molecule has 31 heavy (non-hydrogen) atoms. The molecule has 5 N–H and O–H groups in total. The highest BCUT2D eigenvalue weighted by atomic mass is 16.2. The van der Waals surface area contributed by atoms with Crippen molar-refractivity contribution in [2.24, 2.45) is 34.4 Å². The average Bonchev–Trinajstić information content (AvgIpc) is 3.50. The minimum absolute atomic E-state index is 0.153. The molecule has 6 heteroatoms. The topological polar surface area (TPSA) is 91.5 Å².